The molecule has 3 heteroatoms. The second-order valence-corrected chi connectivity index (χ2v) is 4.17. The number of hydrogen-bond acceptors (Lipinski definition) is 2. The topological polar surface area (TPSA) is 52.9 Å². The molecule has 1 N–H and O–H groups in total. The Labute approximate surface area is 102 Å². The zero-order valence-electron chi connectivity index (χ0n) is 10.1. The minimum Gasteiger partial charge on any atom is -0.352 e. The van der Waals surface area contributed by atoms with Crippen LogP contribution >= 0.6 is 0 Å². The van der Waals surface area contributed by atoms with E-state index in [2.05, 4.69) is 11.4 Å². The number of amides is 1. The van der Waals surface area contributed by atoms with Gasteiger partial charge >= 0.3 is 0 Å². The SMILES string of the molecule is CC(C)CNC(=O)/C=C/c1ccccc1C#N. The summed E-state index contributed by atoms with van der Waals surface area (Å²) in [5.41, 5.74) is 1.33. The number of nitriles is 1. The molecule has 0 atom stereocenters. The van der Waals surface area contributed by atoms with Crippen molar-refractivity contribution in [2.24, 2.45) is 5.92 Å². The first-order valence-corrected chi connectivity index (χ1v) is 5.58. The van der Waals surface area contributed by atoms with E-state index in [1.165, 1.54) is 6.08 Å². The van der Waals surface area contributed by atoms with Crippen molar-refractivity contribution in [3.63, 3.8) is 0 Å². The first kappa shape index (κ1) is 13.0. The zero-order chi connectivity index (χ0) is 12.7. The number of nitrogens with zero attached hydrogens (tertiary/aromatic N) is 1. The normalized spacial score (nSPS) is 10.5. The third-order valence-corrected chi connectivity index (χ3v) is 2.18. The number of hydrogen-bond donors (Lipinski definition) is 1. The van der Waals surface area contributed by atoms with Gasteiger partial charge in [-0.2, -0.15) is 5.26 Å². The van der Waals surface area contributed by atoms with Crippen LogP contribution in [0.1, 0.15) is 25.0 Å². The van der Waals surface area contributed by atoms with Gasteiger partial charge in [0.25, 0.3) is 0 Å². The maximum absolute atomic E-state index is 11.4. The van der Waals surface area contributed by atoms with Gasteiger partial charge in [0.2, 0.25) is 5.91 Å². The Morgan fingerprint density at radius 2 is 2.18 bits per heavy atom. The molecule has 1 aromatic rings. The number of nitrogens with one attached hydrogen (secondary N) is 1. The van der Waals surface area contributed by atoms with E-state index in [-0.39, 0.29) is 5.91 Å². The van der Waals surface area contributed by atoms with E-state index in [0.717, 1.165) is 5.56 Å². The quantitative estimate of drug-likeness (QED) is 0.804. The van der Waals surface area contributed by atoms with Gasteiger partial charge in [-0.05, 0) is 23.6 Å². The lowest BCUT2D eigenvalue weighted by Crippen LogP contribution is -2.25. The van der Waals surface area contributed by atoms with Gasteiger partial charge in [0.15, 0.2) is 0 Å². The summed E-state index contributed by atoms with van der Waals surface area (Å²) in [5.74, 6) is 0.296. The Hall–Kier alpha value is -2.08. The fourth-order valence-corrected chi connectivity index (χ4v) is 1.27. The molecule has 0 bridgehead atoms. The lowest BCUT2D eigenvalue weighted by molar-refractivity contribution is -0.116. The van der Waals surface area contributed by atoms with Crippen LogP contribution in [0, 0.1) is 17.2 Å². The average molecular weight is 228 g/mol. The number of rotatable bonds is 4. The van der Waals surface area contributed by atoms with Crippen LogP contribution in [0.4, 0.5) is 0 Å². The highest BCUT2D eigenvalue weighted by Gasteiger charge is 1.99. The van der Waals surface area contributed by atoms with Crippen molar-refractivity contribution in [1.29, 1.82) is 5.26 Å². The molecule has 0 spiro atoms. The Kier molecular flexibility index (Phi) is 4.96. The number of carbonyl (C=O) groups excluding carboxylic acids is 1. The van der Waals surface area contributed by atoms with Gasteiger partial charge in [-0.1, -0.05) is 32.0 Å². The maximum atomic E-state index is 11.4. The fraction of sp³-hybridized carbons (Fsp3) is 0.286. The van der Waals surface area contributed by atoms with Gasteiger partial charge < -0.3 is 5.32 Å². The predicted octanol–water partition coefficient (Wildman–Crippen LogP) is 2.34. The van der Waals surface area contributed by atoms with Crippen LogP contribution in [0.2, 0.25) is 0 Å². The predicted molar refractivity (Wildman–Crippen MR) is 68.0 cm³/mol. The second kappa shape index (κ2) is 6.49. The third-order valence-electron chi connectivity index (χ3n) is 2.18. The van der Waals surface area contributed by atoms with Crippen LogP contribution < -0.4 is 5.32 Å². The molecule has 1 aromatic carbocycles. The van der Waals surface area contributed by atoms with E-state index in [1.807, 2.05) is 26.0 Å². The maximum Gasteiger partial charge on any atom is 0.244 e. The van der Waals surface area contributed by atoms with Crippen LogP contribution in [0.15, 0.2) is 30.3 Å². The molecule has 0 unspecified atom stereocenters. The molecule has 3 nitrogen and oxygen atoms in total. The van der Waals surface area contributed by atoms with Crippen LogP contribution in [-0.4, -0.2) is 12.5 Å². The minimum absolute atomic E-state index is 0.133. The van der Waals surface area contributed by atoms with Crippen molar-refractivity contribution in [1.82, 2.24) is 5.32 Å². The molecule has 1 rings (SSSR count). The highest BCUT2D eigenvalue weighted by Crippen LogP contribution is 2.08. The van der Waals surface area contributed by atoms with Crippen LogP contribution in [-0.2, 0) is 4.79 Å². The van der Waals surface area contributed by atoms with Crippen LogP contribution in [0.3, 0.4) is 0 Å². The Morgan fingerprint density at radius 1 is 1.47 bits per heavy atom. The van der Waals surface area contributed by atoms with Crippen molar-refractivity contribution in [2.75, 3.05) is 6.54 Å². The molecular weight excluding hydrogens is 212 g/mol. The summed E-state index contributed by atoms with van der Waals surface area (Å²) in [7, 11) is 0. The molecule has 0 fully saturated rings. The first-order valence-electron chi connectivity index (χ1n) is 5.58. The summed E-state index contributed by atoms with van der Waals surface area (Å²) in [5, 5.41) is 11.7. The molecule has 0 radical (unpaired) electrons. The molecule has 1 amide bonds. The van der Waals surface area contributed by atoms with Crippen molar-refractivity contribution >= 4 is 12.0 Å². The van der Waals surface area contributed by atoms with E-state index in [9.17, 15) is 4.79 Å². The molecule has 88 valence electrons. The Balaban J connectivity index is 2.65. The molecule has 0 aromatic heterocycles. The molecule has 0 aliphatic heterocycles. The lowest BCUT2D eigenvalue weighted by atomic mass is 10.1. The largest absolute Gasteiger partial charge is 0.352 e. The smallest absolute Gasteiger partial charge is 0.244 e. The summed E-state index contributed by atoms with van der Waals surface area (Å²) >= 11 is 0. The van der Waals surface area contributed by atoms with Gasteiger partial charge in [-0.3, -0.25) is 4.79 Å². The monoisotopic (exact) mass is 228 g/mol. The minimum atomic E-state index is -0.133. The van der Waals surface area contributed by atoms with Gasteiger partial charge in [0, 0.05) is 12.6 Å². The first-order chi connectivity index (χ1) is 8.13. The fourth-order valence-electron chi connectivity index (χ4n) is 1.27. The highest BCUT2D eigenvalue weighted by atomic mass is 16.1. The van der Waals surface area contributed by atoms with Crippen molar-refractivity contribution in [3.05, 3.63) is 41.5 Å². The number of carbonyl (C=O) groups is 1. The molecule has 17 heavy (non-hydrogen) atoms. The standard InChI is InChI=1S/C14H16N2O/c1-11(2)10-16-14(17)8-7-12-5-3-4-6-13(12)9-15/h3-8,11H,10H2,1-2H3,(H,16,17)/b8-7+. The molecule has 0 aliphatic carbocycles. The van der Waals surface area contributed by atoms with Gasteiger partial charge in [-0.25, -0.2) is 0 Å². The molecular formula is C14H16N2O. The van der Waals surface area contributed by atoms with Gasteiger partial charge in [0.05, 0.1) is 11.6 Å². The van der Waals surface area contributed by atoms with Crippen LogP contribution in [0.25, 0.3) is 6.08 Å². The van der Waals surface area contributed by atoms with E-state index < -0.39 is 0 Å². The average Bonchev–Trinajstić information content (AvgIpc) is 2.34. The van der Waals surface area contributed by atoms with E-state index in [1.54, 1.807) is 18.2 Å². The van der Waals surface area contributed by atoms with Crippen molar-refractivity contribution < 1.29 is 4.79 Å². The molecule has 0 aliphatic rings. The second-order valence-electron chi connectivity index (χ2n) is 4.17. The Bertz CT molecular complexity index is 456. The number of benzene rings is 1. The van der Waals surface area contributed by atoms with Crippen LogP contribution in [0.5, 0.6) is 0 Å². The van der Waals surface area contributed by atoms with E-state index >= 15 is 0 Å². The molecule has 0 saturated heterocycles. The van der Waals surface area contributed by atoms with Gasteiger partial charge in [-0.15, -0.1) is 0 Å². The summed E-state index contributed by atoms with van der Waals surface area (Å²) in [6.07, 6.45) is 3.12. The lowest BCUT2D eigenvalue weighted by Gasteiger charge is -2.04. The summed E-state index contributed by atoms with van der Waals surface area (Å²) < 4.78 is 0. The summed E-state index contributed by atoms with van der Waals surface area (Å²) in [6, 6.07) is 9.26. The van der Waals surface area contributed by atoms with E-state index in [4.69, 9.17) is 5.26 Å². The zero-order valence-corrected chi connectivity index (χ0v) is 10.1. The van der Waals surface area contributed by atoms with E-state index in [0.29, 0.717) is 18.0 Å². The molecule has 0 saturated carbocycles. The molecule has 0 heterocycles. The summed E-state index contributed by atoms with van der Waals surface area (Å²) in [4.78, 5) is 11.4. The van der Waals surface area contributed by atoms with Crippen molar-refractivity contribution in [3.8, 4) is 6.07 Å². The van der Waals surface area contributed by atoms with Crippen molar-refractivity contribution in [2.45, 2.75) is 13.8 Å². The summed E-state index contributed by atoms with van der Waals surface area (Å²) in [6.45, 7) is 4.73. The van der Waals surface area contributed by atoms with Gasteiger partial charge in [0.1, 0.15) is 0 Å². The third kappa shape index (κ3) is 4.52. The Morgan fingerprint density at radius 3 is 2.82 bits per heavy atom. The highest BCUT2D eigenvalue weighted by molar-refractivity contribution is 5.92.